The predicted molar refractivity (Wildman–Crippen MR) is 104 cm³/mol. The van der Waals surface area contributed by atoms with Gasteiger partial charge in [-0.05, 0) is 48.4 Å². The highest BCUT2D eigenvalue weighted by Crippen LogP contribution is 2.36. The molecule has 5 heteroatoms. The molecule has 0 saturated heterocycles. The number of nitrogens with one attached hydrogen (secondary N) is 1. The lowest BCUT2D eigenvalue weighted by Gasteiger charge is -2.22. The van der Waals surface area contributed by atoms with E-state index in [-0.39, 0.29) is 11.6 Å². The third-order valence-electron chi connectivity index (χ3n) is 4.48. The standard InChI is InChI=1S/C22H18FN3O/c1-14-9-11-24-19(12-14)26-20(16-4-2-6-17(23)13-16)18-8-7-15-5-3-10-25-21(15)22(18)27/h2-13,20,27H,1H3,(H,24,26)/t20-/m0/s1. The van der Waals surface area contributed by atoms with Crippen molar-refractivity contribution in [2.24, 2.45) is 0 Å². The van der Waals surface area contributed by atoms with E-state index in [1.165, 1.54) is 12.1 Å². The quantitative estimate of drug-likeness (QED) is 0.539. The van der Waals surface area contributed by atoms with Gasteiger partial charge in [-0.15, -0.1) is 0 Å². The van der Waals surface area contributed by atoms with Crippen LogP contribution in [0.5, 0.6) is 5.75 Å². The monoisotopic (exact) mass is 359 g/mol. The summed E-state index contributed by atoms with van der Waals surface area (Å²) in [5.41, 5.74) is 2.85. The van der Waals surface area contributed by atoms with E-state index in [1.54, 1.807) is 18.5 Å². The van der Waals surface area contributed by atoms with Gasteiger partial charge in [0.2, 0.25) is 0 Å². The molecule has 2 aromatic carbocycles. The maximum absolute atomic E-state index is 13.9. The molecule has 0 saturated carbocycles. The average molecular weight is 359 g/mol. The van der Waals surface area contributed by atoms with Gasteiger partial charge in [-0.2, -0.15) is 0 Å². The number of pyridine rings is 2. The molecule has 0 amide bonds. The molecule has 134 valence electrons. The zero-order valence-electron chi connectivity index (χ0n) is 14.7. The minimum atomic E-state index is -0.485. The van der Waals surface area contributed by atoms with Gasteiger partial charge in [0.1, 0.15) is 22.9 Å². The molecule has 4 aromatic rings. The fraction of sp³-hybridized carbons (Fsp3) is 0.0909. The molecule has 0 spiro atoms. The Morgan fingerprint density at radius 3 is 2.67 bits per heavy atom. The number of phenolic OH excluding ortho intramolecular Hbond substituents is 1. The Kier molecular flexibility index (Phi) is 4.42. The third-order valence-corrected chi connectivity index (χ3v) is 4.48. The normalized spacial score (nSPS) is 12.1. The van der Waals surface area contributed by atoms with Crippen LogP contribution in [0.15, 0.2) is 73.1 Å². The number of benzene rings is 2. The number of phenols is 1. The SMILES string of the molecule is Cc1ccnc(N[C@@H](c2cccc(F)c2)c2ccc3cccnc3c2O)c1. The number of nitrogens with zero attached hydrogens (tertiary/aromatic N) is 2. The van der Waals surface area contributed by atoms with Crippen molar-refractivity contribution in [3.8, 4) is 5.75 Å². The smallest absolute Gasteiger partial charge is 0.147 e. The first-order valence-corrected chi connectivity index (χ1v) is 8.63. The van der Waals surface area contributed by atoms with Gasteiger partial charge < -0.3 is 10.4 Å². The van der Waals surface area contributed by atoms with Crippen LogP contribution in [0.3, 0.4) is 0 Å². The molecule has 0 bridgehead atoms. The van der Waals surface area contributed by atoms with Gasteiger partial charge in [-0.25, -0.2) is 9.37 Å². The van der Waals surface area contributed by atoms with E-state index < -0.39 is 6.04 Å². The number of fused-ring (bicyclic) bond motifs is 1. The van der Waals surface area contributed by atoms with Gasteiger partial charge in [0.25, 0.3) is 0 Å². The van der Waals surface area contributed by atoms with Crippen LogP contribution in [0.1, 0.15) is 22.7 Å². The lowest BCUT2D eigenvalue weighted by Crippen LogP contribution is -2.14. The number of rotatable bonds is 4. The first kappa shape index (κ1) is 17.0. The number of halogens is 1. The van der Waals surface area contributed by atoms with E-state index in [9.17, 15) is 9.50 Å². The van der Waals surface area contributed by atoms with Gasteiger partial charge in [-0.1, -0.05) is 30.3 Å². The zero-order valence-corrected chi connectivity index (χ0v) is 14.7. The van der Waals surface area contributed by atoms with Crippen molar-refractivity contribution in [2.45, 2.75) is 13.0 Å². The summed E-state index contributed by atoms with van der Waals surface area (Å²) < 4.78 is 13.9. The second-order valence-electron chi connectivity index (χ2n) is 6.43. The Balaban J connectivity index is 1.86. The molecule has 2 aromatic heterocycles. The second kappa shape index (κ2) is 7.03. The number of anilines is 1. The van der Waals surface area contributed by atoms with Crippen LogP contribution >= 0.6 is 0 Å². The van der Waals surface area contributed by atoms with Crippen LogP contribution < -0.4 is 5.32 Å². The number of hydrogen-bond donors (Lipinski definition) is 2. The molecule has 0 radical (unpaired) electrons. The van der Waals surface area contributed by atoms with E-state index in [1.807, 2.05) is 49.4 Å². The Hall–Kier alpha value is -3.47. The second-order valence-corrected chi connectivity index (χ2v) is 6.43. The van der Waals surface area contributed by atoms with E-state index in [4.69, 9.17) is 0 Å². The zero-order chi connectivity index (χ0) is 18.8. The van der Waals surface area contributed by atoms with Crippen LogP contribution in [-0.2, 0) is 0 Å². The summed E-state index contributed by atoms with van der Waals surface area (Å²) in [5, 5.41) is 15.0. The molecule has 0 aliphatic rings. The van der Waals surface area contributed by atoms with Gasteiger partial charge in [-0.3, -0.25) is 4.98 Å². The Labute approximate surface area is 156 Å². The van der Waals surface area contributed by atoms with Crippen LogP contribution in [0, 0.1) is 12.7 Å². The van der Waals surface area contributed by atoms with Gasteiger partial charge in [0.15, 0.2) is 0 Å². The first-order chi connectivity index (χ1) is 13.1. The van der Waals surface area contributed by atoms with Crippen molar-refractivity contribution >= 4 is 16.7 Å². The Bertz CT molecular complexity index is 1110. The molecule has 2 heterocycles. The molecule has 27 heavy (non-hydrogen) atoms. The summed E-state index contributed by atoms with van der Waals surface area (Å²) in [6, 6.07) is 17.1. The van der Waals surface area contributed by atoms with Crippen LogP contribution in [0.25, 0.3) is 10.9 Å². The summed E-state index contributed by atoms with van der Waals surface area (Å²) >= 11 is 0. The number of aryl methyl sites for hydroxylation is 1. The first-order valence-electron chi connectivity index (χ1n) is 8.63. The molecule has 0 fully saturated rings. The largest absolute Gasteiger partial charge is 0.505 e. The summed E-state index contributed by atoms with van der Waals surface area (Å²) in [5.74, 6) is 0.377. The van der Waals surface area contributed by atoms with Gasteiger partial charge >= 0.3 is 0 Å². The lowest BCUT2D eigenvalue weighted by atomic mass is 9.96. The fourth-order valence-corrected chi connectivity index (χ4v) is 3.17. The Morgan fingerprint density at radius 2 is 1.85 bits per heavy atom. The minimum absolute atomic E-state index is 0.0718. The van der Waals surface area contributed by atoms with Gasteiger partial charge in [0, 0.05) is 23.3 Å². The van der Waals surface area contributed by atoms with E-state index in [0.29, 0.717) is 22.5 Å². The summed E-state index contributed by atoms with van der Waals surface area (Å²) in [6.07, 6.45) is 3.35. The van der Waals surface area contributed by atoms with Gasteiger partial charge in [0.05, 0.1) is 6.04 Å². The molecule has 0 unspecified atom stereocenters. The van der Waals surface area contributed by atoms with E-state index in [2.05, 4.69) is 15.3 Å². The van der Waals surface area contributed by atoms with Crippen LogP contribution in [0.2, 0.25) is 0 Å². The molecular weight excluding hydrogens is 341 g/mol. The van der Waals surface area contributed by atoms with E-state index >= 15 is 0 Å². The fourth-order valence-electron chi connectivity index (χ4n) is 3.17. The molecule has 2 N–H and O–H groups in total. The number of aromatic hydroxyl groups is 1. The maximum atomic E-state index is 13.9. The maximum Gasteiger partial charge on any atom is 0.147 e. The average Bonchev–Trinajstić information content (AvgIpc) is 2.67. The van der Waals surface area contributed by atoms with Crippen LogP contribution in [0.4, 0.5) is 10.2 Å². The summed E-state index contributed by atoms with van der Waals surface area (Å²) in [7, 11) is 0. The van der Waals surface area contributed by atoms with Crippen molar-refractivity contribution in [3.63, 3.8) is 0 Å². The highest BCUT2D eigenvalue weighted by Gasteiger charge is 2.21. The number of hydrogen-bond acceptors (Lipinski definition) is 4. The molecule has 0 aliphatic carbocycles. The highest BCUT2D eigenvalue weighted by atomic mass is 19.1. The van der Waals surface area contributed by atoms with Crippen LogP contribution in [-0.4, -0.2) is 15.1 Å². The molecule has 4 nitrogen and oxygen atoms in total. The van der Waals surface area contributed by atoms with Crippen molar-refractivity contribution < 1.29 is 9.50 Å². The van der Waals surface area contributed by atoms with Crippen molar-refractivity contribution in [1.82, 2.24) is 9.97 Å². The van der Waals surface area contributed by atoms with Crippen molar-refractivity contribution in [3.05, 3.63) is 95.6 Å². The predicted octanol–water partition coefficient (Wildman–Crippen LogP) is 4.98. The summed E-state index contributed by atoms with van der Waals surface area (Å²) in [4.78, 5) is 8.63. The topological polar surface area (TPSA) is 58.0 Å². The molecule has 0 aliphatic heterocycles. The van der Waals surface area contributed by atoms with Crippen molar-refractivity contribution in [1.29, 1.82) is 0 Å². The van der Waals surface area contributed by atoms with E-state index in [0.717, 1.165) is 10.9 Å². The lowest BCUT2D eigenvalue weighted by molar-refractivity contribution is 0.471. The molecule has 1 atom stereocenters. The molecule has 4 rings (SSSR count). The summed E-state index contributed by atoms with van der Waals surface area (Å²) in [6.45, 7) is 1.97. The highest BCUT2D eigenvalue weighted by molar-refractivity contribution is 5.86. The Morgan fingerprint density at radius 1 is 0.963 bits per heavy atom. The molecular formula is C22H18FN3O. The van der Waals surface area contributed by atoms with Crippen molar-refractivity contribution in [2.75, 3.05) is 5.32 Å². The minimum Gasteiger partial charge on any atom is -0.505 e. The third kappa shape index (κ3) is 3.44. The number of aromatic nitrogens is 2.